The summed E-state index contributed by atoms with van der Waals surface area (Å²) in [6.07, 6.45) is 3.31. The summed E-state index contributed by atoms with van der Waals surface area (Å²) in [5, 5.41) is 3.30. The zero-order valence-corrected chi connectivity index (χ0v) is 12.2. The Morgan fingerprint density at radius 1 is 1.40 bits per heavy atom. The highest BCUT2D eigenvalue weighted by Crippen LogP contribution is 2.16. The van der Waals surface area contributed by atoms with E-state index < -0.39 is 0 Å². The van der Waals surface area contributed by atoms with E-state index in [2.05, 4.69) is 15.3 Å². The van der Waals surface area contributed by atoms with E-state index in [1.54, 1.807) is 7.11 Å². The van der Waals surface area contributed by atoms with Crippen LogP contribution in [0.15, 0.2) is 6.07 Å². The fourth-order valence-electron chi connectivity index (χ4n) is 2.05. The van der Waals surface area contributed by atoms with Gasteiger partial charge in [0, 0.05) is 32.7 Å². The Morgan fingerprint density at radius 3 is 3.00 bits per heavy atom. The molecule has 0 aromatic carbocycles. The largest absolute Gasteiger partial charge is 0.475 e. The van der Waals surface area contributed by atoms with E-state index >= 15 is 0 Å². The number of ether oxygens (including phenoxy) is 3. The molecule has 1 N–H and O–H groups in total. The quantitative estimate of drug-likeness (QED) is 0.731. The molecule has 6 nitrogen and oxygen atoms in total. The van der Waals surface area contributed by atoms with Gasteiger partial charge in [0.15, 0.2) is 0 Å². The maximum atomic E-state index is 5.59. The van der Waals surface area contributed by atoms with Crippen LogP contribution in [0, 0.1) is 0 Å². The van der Waals surface area contributed by atoms with Gasteiger partial charge in [0.05, 0.1) is 12.7 Å². The summed E-state index contributed by atoms with van der Waals surface area (Å²) in [5.41, 5.74) is 0. The molecule has 0 bridgehead atoms. The second-order valence-corrected chi connectivity index (χ2v) is 4.72. The van der Waals surface area contributed by atoms with E-state index in [1.165, 1.54) is 0 Å². The number of rotatable bonds is 8. The van der Waals surface area contributed by atoms with E-state index in [-0.39, 0.29) is 6.10 Å². The Hall–Kier alpha value is -1.40. The second kappa shape index (κ2) is 8.01. The van der Waals surface area contributed by atoms with Crippen molar-refractivity contribution in [2.75, 3.05) is 38.8 Å². The molecule has 1 unspecified atom stereocenters. The highest BCUT2D eigenvalue weighted by Gasteiger charge is 2.15. The molecule has 1 saturated heterocycles. The number of hydrogen-bond acceptors (Lipinski definition) is 6. The molecule has 20 heavy (non-hydrogen) atoms. The first-order chi connectivity index (χ1) is 9.81. The highest BCUT2D eigenvalue weighted by molar-refractivity contribution is 5.38. The maximum Gasteiger partial charge on any atom is 0.218 e. The SMILES string of the molecule is CCc1nc(NCC2CCCO2)cc(OCCOC)n1. The van der Waals surface area contributed by atoms with Gasteiger partial charge in [-0.3, -0.25) is 0 Å². The molecule has 2 heterocycles. The molecule has 0 spiro atoms. The molecule has 6 heteroatoms. The molecule has 0 saturated carbocycles. The molecular weight excluding hydrogens is 258 g/mol. The first-order valence-corrected chi connectivity index (χ1v) is 7.17. The summed E-state index contributed by atoms with van der Waals surface area (Å²) >= 11 is 0. The molecule has 112 valence electrons. The van der Waals surface area contributed by atoms with Crippen molar-refractivity contribution in [1.29, 1.82) is 0 Å². The van der Waals surface area contributed by atoms with Crippen molar-refractivity contribution in [3.05, 3.63) is 11.9 Å². The molecule has 2 rings (SSSR count). The number of aryl methyl sites for hydroxylation is 1. The van der Waals surface area contributed by atoms with E-state index in [0.717, 1.165) is 44.1 Å². The zero-order chi connectivity index (χ0) is 14.2. The minimum atomic E-state index is 0.285. The van der Waals surface area contributed by atoms with E-state index in [9.17, 15) is 0 Å². The minimum Gasteiger partial charge on any atom is -0.475 e. The highest BCUT2D eigenvalue weighted by atomic mass is 16.5. The third kappa shape index (κ3) is 4.61. The van der Waals surface area contributed by atoms with Gasteiger partial charge in [0.1, 0.15) is 18.2 Å². The summed E-state index contributed by atoms with van der Waals surface area (Å²) in [4.78, 5) is 8.80. The topological polar surface area (TPSA) is 65.5 Å². The molecule has 1 atom stereocenters. The molecule has 1 aromatic heterocycles. The van der Waals surface area contributed by atoms with Gasteiger partial charge in [0.2, 0.25) is 5.88 Å². The van der Waals surface area contributed by atoms with Crippen LogP contribution in [0.3, 0.4) is 0 Å². The molecule has 1 aliphatic rings. The number of hydrogen-bond donors (Lipinski definition) is 1. The van der Waals surface area contributed by atoms with Crippen molar-refractivity contribution < 1.29 is 14.2 Å². The van der Waals surface area contributed by atoms with Crippen LogP contribution in [0.4, 0.5) is 5.82 Å². The lowest BCUT2D eigenvalue weighted by atomic mass is 10.2. The van der Waals surface area contributed by atoms with Crippen LogP contribution in [-0.4, -0.2) is 49.5 Å². The summed E-state index contributed by atoms with van der Waals surface area (Å²) in [5.74, 6) is 2.15. The van der Waals surface area contributed by atoms with Crippen LogP contribution in [0.25, 0.3) is 0 Å². The summed E-state index contributed by atoms with van der Waals surface area (Å²) in [7, 11) is 1.65. The van der Waals surface area contributed by atoms with Crippen LogP contribution in [0.2, 0.25) is 0 Å². The fraction of sp³-hybridized carbons (Fsp3) is 0.714. The Kier molecular flexibility index (Phi) is 6.01. The van der Waals surface area contributed by atoms with Crippen LogP contribution in [-0.2, 0) is 15.9 Å². The first-order valence-electron chi connectivity index (χ1n) is 7.17. The van der Waals surface area contributed by atoms with Crippen molar-refractivity contribution in [3.8, 4) is 5.88 Å². The normalized spacial score (nSPS) is 18.2. The second-order valence-electron chi connectivity index (χ2n) is 4.72. The third-order valence-electron chi connectivity index (χ3n) is 3.14. The lowest BCUT2D eigenvalue weighted by molar-refractivity contribution is 0.120. The lowest BCUT2D eigenvalue weighted by Crippen LogP contribution is -2.19. The van der Waals surface area contributed by atoms with Crippen LogP contribution in [0.1, 0.15) is 25.6 Å². The Balaban J connectivity index is 1.93. The average molecular weight is 281 g/mol. The third-order valence-corrected chi connectivity index (χ3v) is 3.14. The predicted molar refractivity (Wildman–Crippen MR) is 76.2 cm³/mol. The van der Waals surface area contributed by atoms with Gasteiger partial charge in [-0.2, -0.15) is 4.98 Å². The van der Waals surface area contributed by atoms with Crippen LogP contribution in [0.5, 0.6) is 5.88 Å². The molecular formula is C14H23N3O3. The van der Waals surface area contributed by atoms with Gasteiger partial charge in [-0.25, -0.2) is 4.98 Å². The van der Waals surface area contributed by atoms with Crippen LogP contribution >= 0.6 is 0 Å². The van der Waals surface area contributed by atoms with Crippen molar-refractivity contribution in [2.24, 2.45) is 0 Å². The van der Waals surface area contributed by atoms with E-state index in [4.69, 9.17) is 14.2 Å². The van der Waals surface area contributed by atoms with Gasteiger partial charge in [0.25, 0.3) is 0 Å². The first kappa shape index (κ1) is 15.0. The smallest absolute Gasteiger partial charge is 0.218 e. The number of anilines is 1. The maximum absolute atomic E-state index is 5.59. The number of methoxy groups -OCH3 is 1. The standard InChI is InChI=1S/C14H23N3O3/c1-3-12-16-13(15-10-11-5-4-6-19-11)9-14(17-12)20-8-7-18-2/h9,11H,3-8,10H2,1-2H3,(H,15,16,17). The van der Waals surface area contributed by atoms with Gasteiger partial charge in [-0.15, -0.1) is 0 Å². The van der Waals surface area contributed by atoms with Crippen molar-refractivity contribution in [3.63, 3.8) is 0 Å². The molecule has 0 aliphatic carbocycles. The summed E-state index contributed by atoms with van der Waals surface area (Å²) in [6.45, 7) is 4.70. The van der Waals surface area contributed by atoms with Crippen molar-refractivity contribution >= 4 is 5.82 Å². The summed E-state index contributed by atoms with van der Waals surface area (Å²) in [6, 6.07) is 1.82. The number of nitrogens with one attached hydrogen (secondary N) is 1. The van der Waals surface area contributed by atoms with Gasteiger partial charge >= 0.3 is 0 Å². The molecule has 0 amide bonds. The van der Waals surface area contributed by atoms with Crippen molar-refractivity contribution in [2.45, 2.75) is 32.3 Å². The van der Waals surface area contributed by atoms with E-state index in [0.29, 0.717) is 19.1 Å². The van der Waals surface area contributed by atoms with Crippen LogP contribution < -0.4 is 10.1 Å². The molecule has 0 radical (unpaired) electrons. The molecule has 1 aliphatic heterocycles. The zero-order valence-electron chi connectivity index (χ0n) is 12.2. The van der Waals surface area contributed by atoms with Gasteiger partial charge < -0.3 is 19.5 Å². The lowest BCUT2D eigenvalue weighted by Gasteiger charge is -2.13. The monoisotopic (exact) mass is 281 g/mol. The van der Waals surface area contributed by atoms with Gasteiger partial charge in [-0.05, 0) is 12.8 Å². The van der Waals surface area contributed by atoms with E-state index in [1.807, 2.05) is 13.0 Å². The Bertz CT molecular complexity index is 409. The Morgan fingerprint density at radius 2 is 2.30 bits per heavy atom. The van der Waals surface area contributed by atoms with Gasteiger partial charge in [-0.1, -0.05) is 6.92 Å². The average Bonchev–Trinajstić information content (AvgIpc) is 2.98. The number of aromatic nitrogens is 2. The predicted octanol–water partition coefficient (Wildman–Crippen LogP) is 1.66. The van der Waals surface area contributed by atoms with Crippen molar-refractivity contribution in [1.82, 2.24) is 9.97 Å². The fourth-order valence-corrected chi connectivity index (χ4v) is 2.05. The minimum absolute atomic E-state index is 0.285. The Labute approximate surface area is 119 Å². The molecule has 1 aromatic rings. The number of nitrogens with zero attached hydrogens (tertiary/aromatic N) is 2. The molecule has 1 fully saturated rings. The summed E-state index contributed by atoms with van der Waals surface area (Å²) < 4.78 is 16.1.